The van der Waals surface area contributed by atoms with Gasteiger partial charge in [0.15, 0.2) is 0 Å². The molecular formula is C24H21N3O2. The summed E-state index contributed by atoms with van der Waals surface area (Å²) in [5, 5.41) is 3.51. The smallest absolute Gasteiger partial charge is 0.265 e. The molecule has 0 fully saturated rings. The van der Waals surface area contributed by atoms with Gasteiger partial charge < -0.3 is 5.32 Å². The van der Waals surface area contributed by atoms with E-state index in [1.165, 1.54) is 0 Å². The molecule has 0 radical (unpaired) electrons. The molecule has 0 bridgehead atoms. The van der Waals surface area contributed by atoms with Crippen LogP contribution >= 0.6 is 0 Å². The van der Waals surface area contributed by atoms with E-state index >= 15 is 0 Å². The first kappa shape index (κ1) is 18.6. The maximum Gasteiger partial charge on any atom is 0.265 e. The van der Waals surface area contributed by atoms with Gasteiger partial charge >= 0.3 is 0 Å². The van der Waals surface area contributed by atoms with Crippen molar-refractivity contribution in [2.75, 3.05) is 0 Å². The Morgan fingerprint density at radius 3 is 2.38 bits per heavy atom. The highest BCUT2D eigenvalue weighted by molar-refractivity contribution is 5.94. The van der Waals surface area contributed by atoms with Crippen LogP contribution in [0.2, 0.25) is 0 Å². The number of amides is 1. The van der Waals surface area contributed by atoms with Crippen molar-refractivity contribution in [3.8, 4) is 5.69 Å². The van der Waals surface area contributed by atoms with Crippen molar-refractivity contribution < 1.29 is 4.79 Å². The molecule has 1 N–H and O–H groups in total. The van der Waals surface area contributed by atoms with E-state index in [0.717, 1.165) is 11.1 Å². The van der Waals surface area contributed by atoms with E-state index < -0.39 is 0 Å². The lowest BCUT2D eigenvalue weighted by molar-refractivity contribution is 0.0951. The van der Waals surface area contributed by atoms with E-state index in [2.05, 4.69) is 10.3 Å². The fraction of sp³-hybridized carbons (Fsp3) is 0.125. The van der Waals surface area contributed by atoms with Crippen LogP contribution in [0.5, 0.6) is 0 Å². The lowest BCUT2D eigenvalue weighted by atomic mass is 10.1. The number of rotatable bonds is 4. The summed E-state index contributed by atoms with van der Waals surface area (Å²) in [5.74, 6) is 0.450. The number of para-hydroxylation sites is 1. The molecule has 0 aliphatic rings. The van der Waals surface area contributed by atoms with Crippen LogP contribution in [0.3, 0.4) is 0 Å². The Morgan fingerprint density at radius 2 is 1.62 bits per heavy atom. The zero-order valence-corrected chi connectivity index (χ0v) is 16.3. The van der Waals surface area contributed by atoms with E-state index in [0.29, 0.717) is 34.5 Å². The van der Waals surface area contributed by atoms with Crippen LogP contribution in [0.1, 0.15) is 27.3 Å². The molecule has 144 valence electrons. The fourth-order valence-electron chi connectivity index (χ4n) is 3.40. The number of carbonyl (C=O) groups excluding carboxylic acids is 1. The highest BCUT2D eigenvalue weighted by atomic mass is 16.1. The number of hydrogen-bond acceptors (Lipinski definition) is 3. The molecule has 5 nitrogen and oxygen atoms in total. The second kappa shape index (κ2) is 7.72. The van der Waals surface area contributed by atoms with E-state index in [4.69, 9.17) is 0 Å². The molecule has 5 heteroatoms. The van der Waals surface area contributed by atoms with Gasteiger partial charge in [-0.2, -0.15) is 0 Å². The minimum absolute atomic E-state index is 0.121. The summed E-state index contributed by atoms with van der Waals surface area (Å²) in [6.45, 7) is 4.30. The summed E-state index contributed by atoms with van der Waals surface area (Å²) >= 11 is 0. The topological polar surface area (TPSA) is 64.0 Å². The third kappa shape index (κ3) is 3.67. The molecule has 0 saturated heterocycles. The molecule has 0 spiro atoms. The van der Waals surface area contributed by atoms with Gasteiger partial charge in [-0.1, -0.05) is 36.4 Å². The Morgan fingerprint density at radius 1 is 0.931 bits per heavy atom. The molecule has 1 aromatic heterocycles. The minimum atomic E-state index is -0.152. The van der Waals surface area contributed by atoms with Crippen molar-refractivity contribution in [3.63, 3.8) is 0 Å². The van der Waals surface area contributed by atoms with Crippen molar-refractivity contribution in [2.24, 2.45) is 0 Å². The predicted molar refractivity (Wildman–Crippen MR) is 114 cm³/mol. The Hall–Kier alpha value is -3.73. The normalized spacial score (nSPS) is 10.8. The molecule has 4 rings (SSSR count). The summed E-state index contributed by atoms with van der Waals surface area (Å²) in [6, 6.07) is 22.2. The van der Waals surface area contributed by atoms with Crippen LogP contribution in [0, 0.1) is 13.8 Å². The van der Waals surface area contributed by atoms with E-state index in [9.17, 15) is 9.59 Å². The standard InChI is InChI=1S/C24H21N3O2/c1-16-7-3-4-8-19(16)15-25-23(28)18-11-13-20(14-12-18)27-17(2)26-22-10-6-5-9-21(22)24(27)29/h3-14H,15H2,1-2H3,(H,25,28). The first-order chi connectivity index (χ1) is 14.0. The van der Waals surface area contributed by atoms with Gasteiger partial charge in [-0.05, 0) is 61.4 Å². The van der Waals surface area contributed by atoms with Gasteiger partial charge in [0.05, 0.1) is 16.6 Å². The van der Waals surface area contributed by atoms with Crippen molar-refractivity contribution >= 4 is 16.8 Å². The molecule has 3 aromatic carbocycles. The quantitative estimate of drug-likeness (QED) is 0.581. The lowest BCUT2D eigenvalue weighted by Crippen LogP contribution is -2.24. The zero-order valence-electron chi connectivity index (χ0n) is 16.3. The first-order valence-electron chi connectivity index (χ1n) is 9.46. The van der Waals surface area contributed by atoms with Crippen molar-refractivity contribution in [1.82, 2.24) is 14.9 Å². The van der Waals surface area contributed by atoms with Gasteiger partial charge in [0.25, 0.3) is 11.5 Å². The summed E-state index contributed by atoms with van der Waals surface area (Å²) < 4.78 is 1.57. The molecule has 4 aromatic rings. The van der Waals surface area contributed by atoms with E-state index in [-0.39, 0.29) is 11.5 Å². The monoisotopic (exact) mass is 383 g/mol. The van der Waals surface area contributed by atoms with Crippen LogP contribution in [0.4, 0.5) is 0 Å². The lowest BCUT2D eigenvalue weighted by Gasteiger charge is -2.12. The third-order valence-corrected chi connectivity index (χ3v) is 5.03. The zero-order chi connectivity index (χ0) is 20.4. The number of aryl methyl sites for hydroxylation is 2. The Balaban J connectivity index is 1.58. The average Bonchev–Trinajstić information content (AvgIpc) is 2.73. The minimum Gasteiger partial charge on any atom is -0.348 e. The Labute approximate surface area is 168 Å². The highest BCUT2D eigenvalue weighted by Crippen LogP contribution is 2.14. The van der Waals surface area contributed by atoms with Crippen molar-refractivity contribution in [1.29, 1.82) is 0 Å². The van der Waals surface area contributed by atoms with Gasteiger partial charge in [-0.15, -0.1) is 0 Å². The second-order valence-corrected chi connectivity index (χ2v) is 6.97. The van der Waals surface area contributed by atoms with Gasteiger partial charge in [-0.25, -0.2) is 4.98 Å². The number of benzene rings is 3. The number of nitrogens with zero attached hydrogens (tertiary/aromatic N) is 2. The molecule has 0 saturated carbocycles. The van der Waals surface area contributed by atoms with Crippen molar-refractivity contribution in [3.05, 3.63) is 106 Å². The summed E-state index contributed by atoms with van der Waals surface area (Å²) in [7, 11) is 0. The molecule has 29 heavy (non-hydrogen) atoms. The van der Waals surface area contributed by atoms with Gasteiger partial charge in [0, 0.05) is 12.1 Å². The molecule has 0 unspecified atom stereocenters. The number of nitrogens with one attached hydrogen (secondary N) is 1. The Kier molecular flexibility index (Phi) is 4.96. The summed E-state index contributed by atoms with van der Waals surface area (Å²) in [5.41, 5.74) is 4.01. The maximum atomic E-state index is 12.9. The number of fused-ring (bicyclic) bond motifs is 1. The Bertz CT molecular complexity index is 1260. The first-order valence-corrected chi connectivity index (χ1v) is 9.46. The average molecular weight is 383 g/mol. The van der Waals surface area contributed by atoms with E-state index in [1.807, 2.05) is 49.4 Å². The van der Waals surface area contributed by atoms with E-state index in [1.54, 1.807) is 41.8 Å². The predicted octanol–water partition coefficient (Wildman–Crippen LogP) is 3.93. The number of carbonyl (C=O) groups is 1. The van der Waals surface area contributed by atoms with Gasteiger partial charge in [0.1, 0.15) is 5.82 Å². The fourth-order valence-corrected chi connectivity index (χ4v) is 3.40. The molecule has 0 aliphatic carbocycles. The SMILES string of the molecule is Cc1ccccc1CNC(=O)c1ccc(-n2c(C)nc3ccccc3c2=O)cc1. The molecular weight excluding hydrogens is 362 g/mol. The molecule has 1 amide bonds. The van der Waals surface area contributed by atoms with Crippen LogP contribution in [0.25, 0.3) is 16.6 Å². The summed E-state index contributed by atoms with van der Waals surface area (Å²) in [6.07, 6.45) is 0. The van der Waals surface area contributed by atoms with Gasteiger partial charge in [0.2, 0.25) is 0 Å². The number of aromatic nitrogens is 2. The molecule has 0 aliphatic heterocycles. The molecule has 1 heterocycles. The molecule has 0 atom stereocenters. The van der Waals surface area contributed by atoms with Gasteiger partial charge in [-0.3, -0.25) is 14.2 Å². The third-order valence-electron chi connectivity index (χ3n) is 5.03. The van der Waals surface area contributed by atoms with Crippen LogP contribution in [-0.4, -0.2) is 15.5 Å². The maximum absolute atomic E-state index is 12.9. The van der Waals surface area contributed by atoms with Crippen LogP contribution in [-0.2, 0) is 6.54 Å². The number of hydrogen-bond donors (Lipinski definition) is 1. The largest absolute Gasteiger partial charge is 0.348 e. The second-order valence-electron chi connectivity index (χ2n) is 6.97. The van der Waals surface area contributed by atoms with Crippen LogP contribution in [0.15, 0.2) is 77.6 Å². The van der Waals surface area contributed by atoms with Crippen molar-refractivity contribution in [2.45, 2.75) is 20.4 Å². The highest BCUT2D eigenvalue weighted by Gasteiger charge is 2.11. The van der Waals surface area contributed by atoms with Crippen LogP contribution < -0.4 is 10.9 Å². The summed E-state index contributed by atoms with van der Waals surface area (Å²) in [4.78, 5) is 29.9.